The third-order valence-corrected chi connectivity index (χ3v) is 2.83. The Labute approximate surface area is 101 Å². The summed E-state index contributed by atoms with van der Waals surface area (Å²) in [7, 11) is 0. The maximum absolute atomic E-state index is 6.15. The van der Waals surface area contributed by atoms with E-state index < -0.39 is 0 Å². The summed E-state index contributed by atoms with van der Waals surface area (Å²) in [5.41, 5.74) is 9.40. The predicted molar refractivity (Wildman–Crippen MR) is 67.5 cm³/mol. The number of aryl methyl sites for hydroxylation is 2. The number of pyridine rings is 1. The zero-order valence-electron chi connectivity index (χ0n) is 10.3. The molecule has 0 fully saturated rings. The van der Waals surface area contributed by atoms with E-state index >= 15 is 0 Å². The van der Waals surface area contributed by atoms with Crippen LogP contribution in [0.1, 0.15) is 29.8 Å². The van der Waals surface area contributed by atoms with Gasteiger partial charge in [0.2, 0.25) is 0 Å². The lowest BCUT2D eigenvalue weighted by atomic mass is 10.0. The molecule has 0 amide bonds. The van der Waals surface area contributed by atoms with Gasteiger partial charge in [0, 0.05) is 30.7 Å². The Hall–Kier alpha value is -1.68. The zero-order valence-corrected chi connectivity index (χ0v) is 10.3. The molecule has 17 heavy (non-hydrogen) atoms. The Balaban J connectivity index is 2.05. The summed E-state index contributed by atoms with van der Waals surface area (Å²) in [6.07, 6.45) is 6.57. The minimum atomic E-state index is -0.0161. The van der Waals surface area contributed by atoms with Gasteiger partial charge in [0.05, 0.1) is 6.20 Å². The molecule has 0 aliphatic rings. The van der Waals surface area contributed by atoms with Crippen molar-refractivity contribution in [1.29, 1.82) is 0 Å². The van der Waals surface area contributed by atoms with E-state index in [1.165, 1.54) is 5.56 Å². The van der Waals surface area contributed by atoms with Crippen molar-refractivity contribution >= 4 is 0 Å². The largest absolute Gasteiger partial charge is 0.324 e. The average Bonchev–Trinajstić information content (AvgIpc) is 2.77. The molecule has 2 aromatic rings. The van der Waals surface area contributed by atoms with E-state index in [-0.39, 0.29) is 6.04 Å². The van der Waals surface area contributed by atoms with Gasteiger partial charge in [-0.3, -0.25) is 9.67 Å². The van der Waals surface area contributed by atoms with Crippen LogP contribution in [0.4, 0.5) is 0 Å². The average molecular weight is 230 g/mol. The summed E-state index contributed by atoms with van der Waals surface area (Å²) in [5, 5.41) is 4.24. The smallest absolute Gasteiger partial charge is 0.0522 e. The van der Waals surface area contributed by atoms with Crippen LogP contribution in [0.3, 0.4) is 0 Å². The Morgan fingerprint density at radius 1 is 1.35 bits per heavy atom. The van der Waals surface area contributed by atoms with Crippen molar-refractivity contribution in [1.82, 2.24) is 14.8 Å². The molecule has 2 heterocycles. The molecule has 0 spiro atoms. The van der Waals surface area contributed by atoms with Crippen LogP contribution >= 0.6 is 0 Å². The molecule has 2 N–H and O–H groups in total. The molecule has 4 nitrogen and oxygen atoms in total. The highest BCUT2D eigenvalue weighted by atomic mass is 15.3. The van der Waals surface area contributed by atoms with Crippen molar-refractivity contribution in [2.45, 2.75) is 32.9 Å². The van der Waals surface area contributed by atoms with Gasteiger partial charge in [0.1, 0.15) is 0 Å². The van der Waals surface area contributed by atoms with E-state index in [1.807, 2.05) is 42.3 Å². The highest BCUT2D eigenvalue weighted by Crippen LogP contribution is 2.15. The second-order valence-electron chi connectivity index (χ2n) is 4.25. The fourth-order valence-corrected chi connectivity index (χ4v) is 1.76. The van der Waals surface area contributed by atoms with E-state index in [0.29, 0.717) is 0 Å². The number of hydrogen-bond acceptors (Lipinski definition) is 3. The van der Waals surface area contributed by atoms with E-state index in [4.69, 9.17) is 5.73 Å². The zero-order chi connectivity index (χ0) is 12.3. The first-order valence-corrected chi connectivity index (χ1v) is 5.88. The fourth-order valence-electron chi connectivity index (χ4n) is 1.76. The summed E-state index contributed by atoms with van der Waals surface area (Å²) in [4.78, 5) is 4.26. The number of aromatic nitrogens is 3. The van der Waals surface area contributed by atoms with Crippen LogP contribution in [0.15, 0.2) is 30.7 Å². The maximum atomic E-state index is 6.15. The van der Waals surface area contributed by atoms with Crippen molar-refractivity contribution in [3.63, 3.8) is 0 Å². The van der Waals surface area contributed by atoms with Crippen LogP contribution in [0, 0.1) is 6.92 Å². The molecule has 0 aromatic carbocycles. The number of nitrogens with zero attached hydrogens (tertiary/aromatic N) is 3. The monoisotopic (exact) mass is 230 g/mol. The van der Waals surface area contributed by atoms with Crippen LogP contribution in [0.5, 0.6) is 0 Å². The van der Waals surface area contributed by atoms with Gasteiger partial charge in [-0.15, -0.1) is 0 Å². The lowest BCUT2D eigenvalue weighted by Gasteiger charge is -2.10. The molecule has 0 saturated carbocycles. The molecular formula is C13H18N4. The Kier molecular flexibility index (Phi) is 3.54. The molecule has 0 aliphatic carbocycles. The first-order valence-electron chi connectivity index (χ1n) is 5.88. The van der Waals surface area contributed by atoms with Crippen LogP contribution in [-0.4, -0.2) is 14.8 Å². The van der Waals surface area contributed by atoms with E-state index in [9.17, 15) is 0 Å². The van der Waals surface area contributed by atoms with Gasteiger partial charge in [0.25, 0.3) is 0 Å². The van der Waals surface area contributed by atoms with Crippen LogP contribution in [0.2, 0.25) is 0 Å². The SMILES string of the molecule is CCn1cc(CC(N)c2ccc(C)nc2)cn1. The molecule has 4 heteroatoms. The summed E-state index contributed by atoms with van der Waals surface area (Å²) < 4.78 is 1.91. The van der Waals surface area contributed by atoms with E-state index in [1.54, 1.807) is 0 Å². The molecule has 90 valence electrons. The fraction of sp³-hybridized carbons (Fsp3) is 0.385. The quantitative estimate of drug-likeness (QED) is 0.872. The summed E-state index contributed by atoms with van der Waals surface area (Å²) >= 11 is 0. The Bertz CT molecular complexity index is 472. The van der Waals surface area contributed by atoms with Crippen LogP contribution < -0.4 is 5.73 Å². The molecule has 2 rings (SSSR count). The van der Waals surface area contributed by atoms with Crippen molar-refractivity contribution in [3.05, 3.63) is 47.5 Å². The van der Waals surface area contributed by atoms with Crippen LogP contribution in [0.25, 0.3) is 0 Å². The number of nitrogens with two attached hydrogens (primary N) is 1. The molecular weight excluding hydrogens is 212 g/mol. The third-order valence-electron chi connectivity index (χ3n) is 2.83. The summed E-state index contributed by atoms with van der Waals surface area (Å²) in [6.45, 7) is 4.93. The van der Waals surface area contributed by atoms with E-state index in [2.05, 4.69) is 17.0 Å². The Morgan fingerprint density at radius 2 is 2.18 bits per heavy atom. The molecule has 0 saturated heterocycles. The molecule has 0 bridgehead atoms. The first-order chi connectivity index (χ1) is 8.19. The van der Waals surface area contributed by atoms with Gasteiger partial charge in [-0.1, -0.05) is 6.07 Å². The van der Waals surface area contributed by atoms with Gasteiger partial charge in [-0.2, -0.15) is 5.10 Å². The Morgan fingerprint density at radius 3 is 2.76 bits per heavy atom. The van der Waals surface area contributed by atoms with Gasteiger partial charge >= 0.3 is 0 Å². The first kappa shape index (κ1) is 11.8. The van der Waals surface area contributed by atoms with Gasteiger partial charge in [-0.25, -0.2) is 0 Å². The number of rotatable bonds is 4. The minimum absolute atomic E-state index is 0.0161. The molecule has 2 aromatic heterocycles. The highest BCUT2D eigenvalue weighted by Gasteiger charge is 2.08. The normalized spacial score (nSPS) is 12.6. The second-order valence-corrected chi connectivity index (χ2v) is 4.25. The van der Waals surface area contributed by atoms with Gasteiger partial charge < -0.3 is 5.73 Å². The maximum Gasteiger partial charge on any atom is 0.0522 e. The molecule has 0 radical (unpaired) electrons. The summed E-state index contributed by atoms with van der Waals surface area (Å²) in [6, 6.07) is 4.01. The molecule has 1 unspecified atom stereocenters. The number of hydrogen-bond donors (Lipinski definition) is 1. The van der Waals surface area contributed by atoms with E-state index in [0.717, 1.165) is 24.2 Å². The van der Waals surface area contributed by atoms with Gasteiger partial charge in [-0.05, 0) is 37.5 Å². The van der Waals surface area contributed by atoms with Crippen molar-refractivity contribution in [2.24, 2.45) is 5.73 Å². The second kappa shape index (κ2) is 5.10. The third kappa shape index (κ3) is 2.91. The minimum Gasteiger partial charge on any atom is -0.324 e. The van der Waals surface area contributed by atoms with Crippen molar-refractivity contribution in [2.75, 3.05) is 0 Å². The molecule has 1 atom stereocenters. The topological polar surface area (TPSA) is 56.7 Å². The lowest BCUT2D eigenvalue weighted by Crippen LogP contribution is -2.13. The lowest BCUT2D eigenvalue weighted by molar-refractivity contribution is 0.657. The predicted octanol–water partition coefficient (Wildman–Crippen LogP) is 1.85. The van der Waals surface area contributed by atoms with Crippen molar-refractivity contribution in [3.8, 4) is 0 Å². The standard InChI is InChI=1S/C13H18N4/c1-3-17-9-11(7-16-17)6-13(14)12-5-4-10(2)15-8-12/h4-5,7-9,13H,3,6,14H2,1-2H3. The summed E-state index contributed by atoms with van der Waals surface area (Å²) in [5.74, 6) is 0. The van der Waals surface area contributed by atoms with Crippen LogP contribution in [-0.2, 0) is 13.0 Å². The van der Waals surface area contributed by atoms with Gasteiger partial charge in [0.15, 0.2) is 0 Å². The molecule has 0 aliphatic heterocycles. The van der Waals surface area contributed by atoms with Crippen molar-refractivity contribution < 1.29 is 0 Å². The highest BCUT2D eigenvalue weighted by molar-refractivity contribution is 5.19.